The number of rotatable bonds is 3. The Morgan fingerprint density at radius 3 is 2.72 bits per heavy atom. The third kappa shape index (κ3) is 2.60. The van der Waals surface area contributed by atoms with Gasteiger partial charge in [0.05, 0.1) is 19.0 Å². The van der Waals surface area contributed by atoms with Crippen molar-refractivity contribution in [1.82, 2.24) is 0 Å². The molecule has 1 amide bonds. The zero-order valence-electron chi connectivity index (χ0n) is 10.6. The molecule has 1 saturated heterocycles. The Balaban J connectivity index is 0.00000120. The summed E-state index contributed by atoms with van der Waals surface area (Å²) < 4.78 is 0. The van der Waals surface area contributed by atoms with Crippen LogP contribution in [0.4, 0.5) is 0 Å². The Labute approximate surface area is 115 Å². The molecule has 1 aromatic carbocycles. The maximum absolute atomic E-state index is 12.0. The molecule has 18 heavy (non-hydrogen) atoms. The topological polar surface area (TPSA) is 21.5 Å². The van der Waals surface area contributed by atoms with E-state index in [-0.39, 0.29) is 12.4 Å². The van der Waals surface area contributed by atoms with Gasteiger partial charge in [-0.1, -0.05) is 30.3 Å². The zero-order valence-corrected chi connectivity index (χ0v) is 11.3. The molecular weight excluding hydrogens is 246 g/mol. The monoisotopic (exact) mass is 265 g/mol. The molecule has 1 heterocycles. The lowest BCUT2D eigenvalue weighted by atomic mass is 10.0. The molecule has 3 atom stereocenters. The number of halogens is 1. The third-order valence-electron chi connectivity index (χ3n) is 4.44. The molecule has 0 bridgehead atoms. The molecule has 2 nitrogen and oxygen atoms in total. The van der Waals surface area contributed by atoms with Crippen LogP contribution in [0.3, 0.4) is 0 Å². The summed E-state index contributed by atoms with van der Waals surface area (Å²) in [6, 6.07) is 11.2. The van der Waals surface area contributed by atoms with E-state index in [9.17, 15) is 4.79 Å². The first-order valence-corrected chi connectivity index (χ1v) is 6.77. The van der Waals surface area contributed by atoms with Crippen molar-refractivity contribution in [3.05, 3.63) is 35.9 Å². The molecule has 1 saturated carbocycles. The van der Waals surface area contributed by atoms with E-state index in [1.54, 1.807) is 0 Å². The summed E-state index contributed by atoms with van der Waals surface area (Å²) in [5, 5.41) is 0. The fourth-order valence-corrected chi connectivity index (χ4v) is 3.56. The van der Waals surface area contributed by atoms with Gasteiger partial charge in [-0.2, -0.15) is 0 Å². The molecule has 2 fully saturated rings. The van der Waals surface area contributed by atoms with Crippen LogP contribution in [-0.4, -0.2) is 18.5 Å². The minimum absolute atomic E-state index is 0. The lowest BCUT2D eigenvalue weighted by Gasteiger charge is -2.18. The third-order valence-corrected chi connectivity index (χ3v) is 4.44. The number of carbonyl (C=O) groups excluding carboxylic acids is 1. The zero-order chi connectivity index (χ0) is 11.7. The number of hydrogen-bond acceptors (Lipinski definition) is 1. The Bertz CT molecular complexity index is 406. The van der Waals surface area contributed by atoms with Crippen LogP contribution < -0.4 is 17.3 Å². The fourth-order valence-electron chi connectivity index (χ4n) is 3.56. The average molecular weight is 266 g/mol. The minimum Gasteiger partial charge on any atom is -1.00 e. The molecule has 3 unspecified atom stereocenters. The van der Waals surface area contributed by atoms with E-state index < -0.39 is 0 Å². The van der Waals surface area contributed by atoms with Crippen molar-refractivity contribution < 1.29 is 22.1 Å². The number of fused-ring (bicyclic) bond motifs is 1. The molecule has 1 aromatic rings. The molecule has 3 rings (SSSR count). The van der Waals surface area contributed by atoms with E-state index >= 15 is 0 Å². The molecule has 1 aliphatic heterocycles. The van der Waals surface area contributed by atoms with Gasteiger partial charge in [0, 0.05) is 18.8 Å². The van der Waals surface area contributed by atoms with Gasteiger partial charge in [0.2, 0.25) is 0 Å². The largest absolute Gasteiger partial charge is 1.00 e. The van der Waals surface area contributed by atoms with Gasteiger partial charge in [-0.25, -0.2) is 4.79 Å². The normalized spacial score (nSPS) is 30.0. The number of carbonyl (C=O) groups is 1. The number of benzene rings is 1. The van der Waals surface area contributed by atoms with Crippen LogP contribution >= 0.6 is 0 Å². The van der Waals surface area contributed by atoms with Crippen molar-refractivity contribution in [3.8, 4) is 0 Å². The Morgan fingerprint density at radius 2 is 1.94 bits per heavy atom. The maximum atomic E-state index is 12.0. The standard InChI is InChI=1S/C15H19NO.ClH/c17-15-11-13-7-4-8-14(13)16(15)10-9-12-5-2-1-3-6-12;/h1-3,5-6,13-14H,4,7-11H2;1H. The highest BCUT2D eigenvalue weighted by atomic mass is 35.5. The Kier molecular flexibility index (Phi) is 4.41. The van der Waals surface area contributed by atoms with Crippen molar-refractivity contribution in [3.63, 3.8) is 0 Å². The highest BCUT2D eigenvalue weighted by molar-refractivity contribution is 5.69. The molecular formula is C15H20ClNO. The number of likely N-dealkylation sites (tertiary alicyclic amines) is 1. The van der Waals surface area contributed by atoms with E-state index in [1.807, 2.05) is 6.07 Å². The molecule has 0 aromatic heterocycles. The fraction of sp³-hybridized carbons (Fsp3) is 0.533. The summed E-state index contributed by atoms with van der Waals surface area (Å²) in [5.74, 6) is 1.17. The first-order valence-electron chi connectivity index (χ1n) is 6.77. The summed E-state index contributed by atoms with van der Waals surface area (Å²) >= 11 is 0. The van der Waals surface area contributed by atoms with E-state index in [4.69, 9.17) is 0 Å². The van der Waals surface area contributed by atoms with Crippen LogP contribution in [0.2, 0.25) is 0 Å². The van der Waals surface area contributed by atoms with Crippen LogP contribution in [0.15, 0.2) is 30.3 Å². The summed E-state index contributed by atoms with van der Waals surface area (Å²) in [5.41, 5.74) is 1.36. The predicted octanol–water partition coefficient (Wildman–Crippen LogP) is -1.78. The van der Waals surface area contributed by atoms with Crippen molar-refractivity contribution in [1.29, 1.82) is 0 Å². The van der Waals surface area contributed by atoms with Crippen LogP contribution in [-0.2, 0) is 11.2 Å². The minimum atomic E-state index is 0. The van der Waals surface area contributed by atoms with Crippen LogP contribution in [0.5, 0.6) is 0 Å². The predicted molar refractivity (Wildman–Crippen MR) is 66.7 cm³/mol. The summed E-state index contributed by atoms with van der Waals surface area (Å²) in [4.78, 5) is 13.2. The van der Waals surface area contributed by atoms with Crippen LogP contribution in [0, 0.1) is 5.92 Å². The second kappa shape index (κ2) is 5.85. The Morgan fingerprint density at radius 1 is 1.17 bits per heavy atom. The quantitative estimate of drug-likeness (QED) is 0.686. The van der Waals surface area contributed by atoms with E-state index in [0.717, 1.165) is 19.4 Å². The lowest BCUT2D eigenvalue weighted by Crippen LogP contribution is -3.16. The first kappa shape index (κ1) is 13.6. The highest BCUT2D eigenvalue weighted by Crippen LogP contribution is 2.29. The summed E-state index contributed by atoms with van der Waals surface area (Å²) in [6.45, 7) is 0.990. The van der Waals surface area contributed by atoms with E-state index in [2.05, 4.69) is 24.3 Å². The molecule has 2 aliphatic rings. The SMILES string of the molecule is O=C1CC2CCCC2[NH+]1CCc1ccccc1.[Cl-]. The molecule has 1 aliphatic carbocycles. The van der Waals surface area contributed by atoms with E-state index in [0.29, 0.717) is 17.9 Å². The van der Waals surface area contributed by atoms with Crippen molar-refractivity contribution in [2.75, 3.05) is 6.54 Å². The van der Waals surface area contributed by atoms with Gasteiger partial charge in [0.25, 0.3) is 0 Å². The van der Waals surface area contributed by atoms with Crippen LogP contribution in [0.25, 0.3) is 0 Å². The van der Waals surface area contributed by atoms with Gasteiger partial charge in [0.15, 0.2) is 0 Å². The van der Waals surface area contributed by atoms with Gasteiger partial charge < -0.3 is 12.4 Å². The van der Waals surface area contributed by atoms with Gasteiger partial charge in [-0.15, -0.1) is 0 Å². The number of hydrogen-bond donors (Lipinski definition) is 1. The number of amides is 1. The second-order valence-electron chi connectivity index (χ2n) is 5.44. The highest BCUT2D eigenvalue weighted by Gasteiger charge is 2.46. The van der Waals surface area contributed by atoms with Crippen molar-refractivity contribution in [2.24, 2.45) is 5.92 Å². The number of nitrogens with one attached hydrogen (secondary N) is 1. The van der Waals surface area contributed by atoms with Gasteiger partial charge in [-0.05, 0) is 18.4 Å². The maximum Gasteiger partial charge on any atom is 0.312 e. The van der Waals surface area contributed by atoms with Crippen molar-refractivity contribution >= 4 is 5.91 Å². The van der Waals surface area contributed by atoms with Crippen LogP contribution in [0.1, 0.15) is 31.2 Å². The molecule has 98 valence electrons. The van der Waals surface area contributed by atoms with Crippen molar-refractivity contribution in [2.45, 2.75) is 38.1 Å². The molecule has 3 heteroatoms. The average Bonchev–Trinajstić information content (AvgIpc) is 2.89. The molecule has 0 spiro atoms. The molecule has 0 radical (unpaired) electrons. The summed E-state index contributed by atoms with van der Waals surface area (Å²) in [7, 11) is 0. The Hall–Kier alpha value is -0.860. The summed E-state index contributed by atoms with van der Waals surface area (Å²) in [6.07, 6.45) is 5.75. The van der Waals surface area contributed by atoms with Gasteiger partial charge >= 0.3 is 5.91 Å². The first-order chi connectivity index (χ1) is 8.34. The number of quaternary nitrogens is 1. The second-order valence-corrected chi connectivity index (χ2v) is 5.44. The van der Waals surface area contributed by atoms with Gasteiger partial charge in [-0.3, -0.25) is 4.90 Å². The van der Waals surface area contributed by atoms with E-state index in [1.165, 1.54) is 29.7 Å². The smallest absolute Gasteiger partial charge is 0.312 e. The lowest BCUT2D eigenvalue weighted by molar-refractivity contribution is -0.840. The molecule has 1 N–H and O–H groups in total. The van der Waals surface area contributed by atoms with Gasteiger partial charge in [0.1, 0.15) is 0 Å².